The van der Waals surface area contributed by atoms with Crippen LogP contribution in [0, 0.1) is 11.8 Å². The van der Waals surface area contributed by atoms with Gasteiger partial charge in [-0.05, 0) is 37.5 Å². The Hall–Kier alpha value is -2.14. The van der Waals surface area contributed by atoms with Gasteiger partial charge in [0.25, 0.3) is 0 Å². The Balaban J connectivity index is 1.49. The Labute approximate surface area is 145 Å². The fourth-order valence-corrected chi connectivity index (χ4v) is 3.47. The van der Waals surface area contributed by atoms with E-state index < -0.39 is 0 Å². The number of carbonyl (C=O) groups is 3. The summed E-state index contributed by atoms with van der Waals surface area (Å²) in [5.74, 6) is -0.754. The molecule has 5 nitrogen and oxygen atoms in total. The number of hydrogen-bond acceptors (Lipinski definition) is 3. The highest BCUT2D eigenvalue weighted by Gasteiger charge is 2.46. The molecule has 0 unspecified atom stereocenters. The standard InChI is InChI=1S/C18H19ClN2O3/c19-12-5-3-6-13(11-12)20-16(22)9-4-10-21-17(23)14-7-1-2-8-15(14)18(21)24/h1-3,5-6,11,14-15H,4,7-10H2,(H,20,22)/t14-,15-/m0/s1. The number of benzene rings is 1. The number of carbonyl (C=O) groups excluding carboxylic acids is 3. The lowest BCUT2D eigenvalue weighted by atomic mass is 9.85. The van der Waals surface area contributed by atoms with Crippen molar-refractivity contribution in [2.45, 2.75) is 25.7 Å². The number of rotatable bonds is 5. The zero-order chi connectivity index (χ0) is 17.1. The summed E-state index contributed by atoms with van der Waals surface area (Å²) in [7, 11) is 0. The zero-order valence-corrected chi connectivity index (χ0v) is 14.0. The summed E-state index contributed by atoms with van der Waals surface area (Å²) in [6.07, 6.45) is 5.92. The van der Waals surface area contributed by atoms with Crippen LogP contribution >= 0.6 is 11.6 Å². The molecular formula is C18H19ClN2O3. The number of nitrogens with zero attached hydrogens (tertiary/aromatic N) is 1. The molecule has 1 saturated heterocycles. The monoisotopic (exact) mass is 346 g/mol. The largest absolute Gasteiger partial charge is 0.326 e. The molecule has 2 atom stereocenters. The minimum atomic E-state index is -0.206. The van der Waals surface area contributed by atoms with Gasteiger partial charge < -0.3 is 5.32 Å². The van der Waals surface area contributed by atoms with Crippen molar-refractivity contribution in [2.75, 3.05) is 11.9 Å². The van der Waals surface area contributed by atoms with Crippen molar-refractivity contribution >= 4 is 35.0 Å². The van der Waals surface area contributed by atoms with Crippen LogP contribution in [-0.4, -0.2) is 29.2 Å². The summed E-state index contributed by atoms with van der Waals surface area (Å²) in [6, 6.07) is 6.92. The van der Waals surface area contributed by atoms with E-state index >= 15 is 0 Å². The molecule has 1 N–H and O–H groups in total. The van der Waals surface area contributed by atoms with E-state index in [-0.39, 0.29) is 36.0 Å². The number of hydrogen-bond donors (Lipinski definition) is 1. The first-order valence-electron chi connectivity index (χ1n) is 8.12. The summed E-state index contributed by atoms with van der Waals surface area (Å²) in [6.45, 7) is 0.299. The van der Waals surface area contributed by atoms with Gasteiger partial charge in [0.05, 0.1) is 11.8 Å². The molecule has 126 valence electrons. The second-order valence-electron chi connectivity index (χ2n) is 6.15. The first-order chi connectivity index (χ1) is 11.6. The fraction of sp³-hybridized carbons (Fsp3) is 0.389. The number of halogens is 1. The number of allylic oxidation sites excluding steroid dienone is 2. The highest BCUT2D eigenvalue weighted by molar-refractivity contribution is 6.30. The first kappa shape index (κ1) is 16.7. The van der Waals surface area contributed by atoms with Crippen LogP contribution in [0.4, 0.5) is 5.69 Å². The number of anilines is 1. The predicted octanol–water partition coefficient (Wildman–Crippen LogP) is 3.01. The van der Waals surface area contributed by atoms with E-state index in [0.29, 0.717) is 36.5 Å². The molecule has 0 radical (unpaired) electrons. The van der Waals surface area contributed by atoms with Crippen LogP contribution in [0.1, 0.15) is 25.7 Å². The lowest BCUT2D eigenvalue weighted by molar-refractivity contribution is -0.140. The van der Waals surface area contributed by atoms with Crippen LogP contribution in [0.2, 0.25) is 5.02 Å². The van der Waals surface area contributed by atoms with Gasteiger partial charge in [0, 0.05) is 23.7 Å². The first-order valence-corrected chi connectivity index (χ1v) is 8.49. The number of imide groups is 1. The Morgan fingerprint density at radius 3 is 2.46 bits per heavy atom. The van der Waals surface area contributed by atoms with Crippen molar-refractivity contribution in [1.82, 2.24) is 4.90 Å². The topological polar surface area (TPSA) is 66.5 Å². The minimum absolute atomic E-state index is 0.0930. The molecule has 1 aromatic rings. The molecule has 1 aliphatic carbocycles. The molecular weight excluding hydrogens is 328 g/mol. The van der Waals surface area contributed by atoms with Crippen LogP contribution in [0.5, 0.6) is 0 Å². The molecule has 1 aliphatic heterocycles. The molecule has 1 fully saturated rings. The van der Waals surface area contributed by atoms with E-state index in [1.807, 2.05) is 12.2 Å². The number of fused-ring (bicyclic) bond motifs is 1. The molecule has 24 heavy (non-hydrogen) atoms. The van der Waals surface area contributed by atoms with Gasteiger partial charge >= 0.3 is 0 Å². The van der Waals surface area contributed by atoms with Gasteiger partial charge in [0.15, 0.2) is 0 Å². The lowest BCUT2D eigenvalue weighted by Crippen LogP contribution is -2.32. The molecule has 3 amide bonds. The fourth-order valence-electron chi connectivity index (χ4n) is 3.28. The molecule has 1 heterocycles. The zero-order valence-electron chi connectivity index (χ0n) is 13.2. The van der Waals surface area contributed by atoms with Crippen LogP contribution in [-0.2, 0) is 14.4 Å². The van der Waals surface area contributed by atoms with Crippen LogP contribution in [0.25, 0.3) is 0 Å². The Bertz CT molecular complexity index is 675. The number of likely N-dealkylation sites (tertiary alicyclic amines) is 1. The molecule has 3 rings (SSSR count). The molecule has 0 aromatic heterocycles. The van der Waals surface area contributed by atoms with Crippen LogP contribution < -0.4 is 5.32 Å². The van der Waals surface area contributed by atoms with Crippen molar-refractivity contribution in [1.29, 1.82) is 0 Å². The average Bonchev–Trinajstić information content (AvgIpc) is 2.80. The minimum Gasteiger partial charge on any atom is -0.326 e. The normalized spacial score (nSPS) is 22.6. The quantitative estimate of drug-likeness (QED) is 0.658. The maximum atomic E-state index is 12.3. The Morgan fingerprint density at radius 1 is 1.17 bits per heavy atom. The molecule has 0 spiro atoms. The summed E-state index contributed by atoms with van der Waals surface area (Å²) >= 11 is 5.87. The van der Waals surface area contributed by atoms with Crippen molar-refractivity contribution in [3.05, 3.63) is 41.4 Å². The predicted molar refractivity (Wildman–Crippen MR) is 91.4 cm³/mol. The summed E-state index contributed by atoms with van der Waals surface area (Å²) < 4.78 is 0. The number of amides is 3. The van der Waals surface area contributed by atoms with Gasteiger partial charge in [-0.1, -0.05) is 29.8 Å². The third-order valence-electron chi connectivity index (χ3n) is 4.49. The SMILES string of the molecule is O=C(CCCN1C(=O)[C@H]2CC=CC[C@@H]2C1=O)Nc1cccc(Cl)c1. The smallest absolute Gasteiger partial charge is 0.233 e. The maximum Gasteiger partial charge on any atom is 0.233 e. The number of nitrogens with one attached hydrogen (secondary N) is 1. The third kappa shape index (κ3) is 3.51. The van der Waals surface area contributed by atoms with E-state index in [4.69, 9.17) is 11.6 Å². The second-order valence-corrected chi connectivity index (χ2v) is 6.58. The van der Waals surface area contributed by atoms with Gasteiger partial charge in [0.1, 0.15) is 0 Å². The van der Waals surface area contributed by atoms with Crippen molar-refractivity contribution < 1.29 is 14.4 Å². The summed E-state index contributed by atoms with van der Waals surface area (Å²) in [5.41, 5.74) is 0.637. The third-order valence-corrected chi connectivity index (χ3v) is 4.73. The lowest BCUT2D eigenvalue weighted by Gasteiger charge is -2.14. The van der Waals surface area contributed by atoms with Crippen molar-refractivity contribution in [3.63, 3.8) is 0 Å². The molecule has 1 aromatic carbocycles. The second kappa shape index (κ2) is 7.18. The molecule has 0 saturated carbocycles. The Morgan fingerprint density at radius 2 is 1.83 bits per heavy atom. The van der Waals surface area contributed by atoms with Gasteiger partial charge in [-0.25, -0.2) is 0 Å². The molecule has 2 aliphatic rings. The highest BCUT2D eigenvalue weighted by atomic mass is 35.5. The average molecular weight is 347 g/mol. The van der Waals surface area contributed by atoms with Crippen LogP contribution in [0.3, 0.4) is 0 Å². The summed E-state index contributed by atoms with van der Waals surface area (Å²) in [4.78, 5) is 37.9. The van der Waals surface area contributed by atoms with E-state index in [1.165, 1.54) is 4.90 Å². The van der Waals surface area contributed by atoms with Crippen molar-refractivity contribution in [2.24, 2.45) is 11.8 Å². The maximum absolute atomic E-state index is 12.3. The van der Waals surface area contributed by atoms with E-state index in [9.17, 15) is 14.4 Å². The highest BCUT2D eigenvalue weighted by Crippen LogP contribution is 2.35. The Kier molecular flexibility index (Phi) is 5.00. The molecule has 6 heteroatoms. The molecule has 0 bridgehead atoms. The van der Waals surface area contributed by atoms with E-state index in [2.05, 4.69) is 5.32 Å². The van der Waals surface area contributed by atoms with Gasteiger partial charge in [-0.15, -0.1) is 0 Å². The van der Waals surface area contributed by atoms with Gasteiger partial charge in [-0.3, -0.25) is 19.3 Å². The van der Waals surface area contributed by atoms with Gasteiger partial charge in [-0.2, -0.15) is 0 Å². The summed E-state index contributed by atoms with van der Waals surface area (Å²) in [5, 5.41) is 3.31. The van der Waals surface area contributed by atoms with E-state index in [1.54, 1.807) is 24.3 Å². The van der Waals surface area contributed by atoms with Crippen LogP contribution in [0.15, 0.2) is 36.4 Å². The van der Waals surface area contributed by atoms with Crippen molar-refractivity contribution in [3.8, 4) is 0 Å². The van der Waals surface area contributed by atoms with Gasteiger partial charge in [0.2, 0.25) is 17.7 Å². The van der Waals surface area contributed by atoms with E-state index in [0.717, 1.165) is 0 Å².